The van der Waals surface area contributed by atoms with Crippen LogP contribution in [0.1, 0.15) is 0 Å². The summed E-state index contributed by atoms with van der Waals surface area (Å²) in [6, 6.07) is 3.69. The second kappa shape index (κ2) is 3.93. The maximum absolute atomic E-state index is 11.9. The summed E-state index contributed by atoms with van der Waals surface area (Å²) >= 11 is 5.49. The molecule has 0 saturated heterocycles. The van der Waals surface area contributed by atoms with Crippen LogP contribution in [0, 0.1) is 0 Å². The van der Waals surface area contributed by atoms with E-state index in [1.54, 1.807) is 0 Å². The highest BCUT2D eigenvalue weighted by atomic mass is 35.5. The molecule has 0 bridgehead atoms. The number of rotatable bonds is 2. The van der Waals surface area contributed by atoms with E-state index in [0.29, 0.717) is 0 Å². The van der Waals surface area contributed by atoms with Crippen LogP contribution in [0.2, 0.25) is 5.02 Å². The van der Waals surface area contributed by atoms with Crippen LogP contribution in [-0.4, -0.2) is 6.36 Å². The number of halogens is 4. The Kier molecular flexibility index (Phi) is 3.07. The van der Waals surface area contributed by atoms with Crippen molar-refractivity contribution in [3.63, 3.8) is 0 Å². The number of hydrogen-bond acceptors (Lipinski definition) is 3. The van der Waals surface area contributed by atoms with E-state index in [0.717, 1.165) is 6.07 Å². The molecule has 0 aliphatic carbocycles. The zero-order valence-corrected chi connectivity index (χ0v) is 7.49. The van der Waals surface area contributed by atoms with Crippen molar-refractivity contribution >= 4 is 17.3 Å². The first-order valence-corrected chi connectivity index (χ1v) is 3.82. The number of hydrazine groups is 1. The first-order chi connectivity index (χ1) is 6.42. The van der Waals surface area contributed by atoms with Gasteiger partial charge in [0.15, 0.2) is 5.75 Å². The van der Waals surface area contributed by atoms with Crippen molar-refractivity contribution < 1.29 is 17.9 Å². The van der Waals surface area contributed by atoms with Gasteiger partial charge in [-0.05, 0) is 12.1 Å². The molecule has 0 aliphatic heterocycles. The van der Waals surface area contributed by atoms with E-state index in [1.165, 1.54) is 12.1 Å². The number of alkyl halides is 3. The topological polar surface area (TPSA) is 47.3 Å². The van der Waals surface area contributed by atoms with Gasteiger partial charge in [-0.3, -0.25) is 5.84 Å². The van der Waals surface area contributed by atoms with Crippen LogP contribution in [0.4, 0.5) is 18.9 Å². The summed E-state index contributed by atoms with van der Waals surface area (Å²) in [5, 5.41) is 0.128. The standard InChI is InChI=1S/C7H6ClF3N2O/c8-4-1-2-5(13-12)6(3-4)14-7(9,10)11/h1-3,13H,12H2. The van der Waals surface area contributed by atoms with Gasteiger partial charge < -0.3 is 10.2 Å². The molecule has 0 radical (unpaired) electrons. The van der Waals surface area contributed by atoms with Crippen molar-refractivity contribution in [2.24, 2.45) is 5.84 Å². The van der Waals surface area contributed by atoms with Crippen molar-refractivity contribution in [3.8, 4) is 5.75 Å². The highest BCUT2D eigenvalue weighted by Gasteiger charge is 2.32. The van der Waals surface area contributed by atoms with E-state index in [1.807, 2.05) is 0 Å². The number of anilines is 1. The van der Waals surface area contributed by atoms with Crippen molar-refractivity contribution in [2.45, 2.75) is 6.36 Å². The molecule has 0 amide bonds. The highest BCUT2D eigenvalue weighted by molar-refractivity contribution is 6.30. The highest BCUT2D eigenvalue weighted by Crippen LogP contribution is 2.31. The SMILES string of the molecule is NNc1ccc(Cl)cc1OC(F)(F)F. The zero-order valence-electron chi connectivity index (χ0n) is 6.73. The molecule has 0 aliphatic rings. The van der Waals surface area contributed by atoms with Crippen LogP contribution in [0.3, 0.4) is 0 Å². The second-order valence-electron chi connectivity index (χ2n) is 2.33. The summed E-state index contributed by atoms with van der Waals surface area (Å²) in [5.41, 5.74) is 2.07. The largest absolute Gasteiger partial charge is 0.573 e. The molecule has 1 aromatic carbocycles. The molecule has 14 heavy (non-hydrogen) atoms. The maximum atomic E-state index is 11.9. The molecule has 78 valence electrons. The first-order valence-electron chi connectivity index (χ1n) is 3.44. The van der Waals surface area contributed by atoms with Gasteiger partial charge in [0.2, 0.25) is 0 Å². The summed E-state index contributed by atoms with van der Waals surface area (Å²) in [5.74, 6) is 4.51. The van der Waals surface area contributed by atoms with Gasteiger partial charge in [0, 0.05) is 11.1 Å². The number of nitrogens with one attached hydrogen (secondary N) is 1. The molecule has 1 rings (SSSR count). The monoisotopic (exact) mass is 226 g/mol. The Morgan fingerprint density at radius 1 is 1.36 bits per heavy atom. The summed E-state index contributed by atoms with van der Waals surface area (Å²) in [6.45, 7) is 0. The molecule has 0 fully saturated rings. The third-order valence-corrected chi connectivity index (χ3v) is 1.56. The normalized spacial score (nSPS) is 11.2. The Morgan fingerprint density at radius 3 is 2.50 bits per heavy atom. The van der Waals surface area contributed by atoms with Crippen LogP contribution in [-0.2, 0) is 0 Å². The van der Waals surface area contributed by atoms with E-state index in [-0.39, 0.29) is 10.7 Å². The van der Waals surface area contributed by atoms with Gasteiger partial charge in [0.25, 0.3) is 0 Å². The first kappa shape index (κ1) is 10.9. The predicted molar refractivity (Wildman–Crippen MR) is 45.9 cm³/mol. The van der Waals surface area contributed by atoms with Crippen molar-refractivity contribution in [1.82, 2.24) is 0 Å². The molecule has 0 saturated carbocycles. The molecule has 7 heteroatoms. The lowest BCUT2D eigenvalue weighted by Crippen LogP contribution is -2.19. The lowest BCUT2D eigenvalue weighted by molar-refractivity contribution is -0.274. The maximum Gasteiger partial charge on any atom is 0.573 e. The predicted octanol–water partition coefficient (Wildman–Crippen LogP) is 2.52. The molecule has 0 heterocycles. The number of nitrogen functional groups attached to an aromatic ring is 1. The quantitative estimate of drug-likeness (QED) is 0.602. The Morgan fingerprint density at radius 2 is 2.00 bits per heavy atom. The fraction of sp³-hybridized carbons (Fsp3) is 0.143. The molecular weight excluding hydrogens is 221 g/mol. The summed E-state index contributed by atoms with van der Waals surface area (Å²) in [6.07, 6.45) is -4.77. The van der Waals surface area contributed by atoms with Crippen LogP contribution in [0.15, 0.2) is 18.2 Å². The van der Waals surface area contributed by atoms with Gasteiger partial charge in [-0.15, -0.1) is 13.2 Å². The Balaban J connectivity index is 2.99. The van der Waals surface area contributed by atoms with Gasteiger partial charge in [-0.1, -0.05) is 11.6 Å². The molecular formula is C7H6ClF3N2O. The summed E-state index contributed by atoms with van der Waals surface area (Å²) in [7, 11) is 0. The number of hydrogen-bond donors (Lipinski definition) is 2. The van der Waals surface area contributed by atoms with Crippen molar-refractivity contribution in [2.75, 3.05) is 5.43 Å². The molecule has 1 aromatic rings. The molecule has 0 spiro atoms. The summed E-state index contributed by atoms with van der Waals surface area (Å²) < 4.78 is 39.2. The van der Waals surface area contributed by atoms with E-state index in [9.17, 15) is 13.2 Å². The minimum atomic E-state index is -4.77. The van der Waals surface area contributed by atoms with E-state index in [2.05, 4.69) is 10.2 Å². The number of benzene rings is 1. The van der Waals surface area contributed by atoms with Crippen molar-refractivity contribution in [1.29, 1.82) is 0 Å². The molecule has 3 N–H and O–H groups in total. The van der Waals surface area contributed by atoms with Gasteiger partial charge in [-0.2, -0.15) is 0 Å². The van der Waals surface area contributed by atoms with Crippen molar-refractivity contribution in [3.05, 3.63) is 23.2 Å². The smallest absolute Gasteiger partial charge is 0.403 e. The van der Waals surface area contributed by atoms with E-state index >= 15 is 0 Å². The Bertz CT molecular complexity index is 329. The van der Waals surface area contributed by atoms with Crippen LogP contribution in [0.25, 0.3) is 0 Å². The lowest BCUT2D eigenvalue weighted by Gasteiger charge is -2.12. The fourth-order valence-corrected chi connectivity index (χ4v) is 0.987. The Labute approximate surface area is 82.6 Å². The minimum absolute atomic E-state index is 0.00623. The third-order valence-electron chi connectivity index (χ3n) is 1.32. The van der Waals surface area contributed by atoms with Gasteiger partial charge in [-0.25, -0.2) is 0 Å². The minimum Gasteiger partial charge on any atom is -0.403 e. The van der Waals surface area contributed by atoms with E-state index < -0.39 is 12.1 Å². The third kappa shape index (κ3) is 2.97. The fourth-order valence-electron chi connectivity index (χ4n) is 0.825. The average Bonchev–Trinajstić information content (AvgIpc) is 2.01. The van der Waals surface area contributed by atoms with Crippen LogP contribution in [0.5, 0.6) is 5.75 Å². The van der Waals surface area contributed by atoms with E-state index in [4.69, 9.17) is 17.4 Å². The zero-order chi connectivity index (χ0) is 10.8. The number of nitrogens with two attached hydrogens (primary N) is 1. The summed E-state index contributed by atoms with van der Waals surface area (Å²) in [4.78, 5) is 0. The average molecular weight is 227 g/mol. The molecule has 0 atom stereocenters. The van der Waals surface area contributed by atoms with Crippen LogP contribution < -0.4 is 16.0 Å². The van der Waals surface area contributed by atoms with Crippen LogP contribution >= 0.6 is 11.6 Å². The van der Waals surface area contributed by atoms with Gasteiger partial charge in [0.05, 0.1) is 5.69 Å². The molecule has 3 nitrogen and oxygen atoms in total. The molecule has 0 unspecified atom stereocenters. The second-order valence-corrected chi connectivity index (χ2v) is 2.77. The lowest BCUT2D eigenvalue weighted by atomic mass is 10.3. The van der Waals surface area contributed by atoms with Gasteiger partial charge >= 0.3 is 6.36 Å². The number of ether oxygens (including phenoxy) is 1. The van der Waals surface area contributed by atoms with Gasteiger partial charge in [0.1, 0.15) is 0 Å². The Hall–Kier alpha value is -1.14. The molecule has 0 aromatic heterocycles.